The summed E-state index contributed by atoms with van der Waals surface area (Å²) in [7, 11) is 0. The molecule has 3 heterocycles. The van der Waals surface area contributed by atoms with E-state index < -0.39 is 5.97 Å². The molecular weight excluding hydrogens is 316 g/mol. The van der Waals surface area contributed by atoms with Crippen molar-refractivity contribution in [2.24, 2.45) is 0 Å². The summed E-state index contributed by atoms with van der Waals surface area (Å²) in [6, 6.07) is 14.7. The van der Waals surface area contributed by atoms with Crippen molar-refractivity contribution < 1.29 is 14.7 Å². The van der Waals surface area contributed by atoms with Crippen LogP contribution in [0.5, 0.6) is 0 Å². The third-order valence-electron chi connectivity index (χ3n) is 4.65. The Bertz CT molecular complexity index is 901. The van der Waals surface area contributed by atoms with Gasteiger partial charge >= 0.3 is 5.97 Å². The van der Waals surface area contributed by atoms with Gasteiger partial charge < -0.3 is 5.11 Å². The van der Waals surface area contributed by atoms with Crippen LogP contribution in [0.25, 0.3) is 11.6 Å². The Morgan fingerprint density at radius 1 is 1.16 bits per heavy atom. The fourth-order valence-corrected chi connectivity index (χ4v) is 3.51. The molecule has 1 aromatic heterocycles. The molecule has 0 aliphatic carbocycles. The van der Waals surface area contributed by atoms with Gasteiger partial charge in [0.25, 0.3) is 5.91 Å². The van der Waals surface area contributed by atoms with Gasteiger partial charge in [-0.2, -0.15) is 0 Å². The predicted octanol–water partition coefficient (Wildman–Crippen LogP) is 2.97. The maximum Gasteiger partial charge on any atom is 0.352 e. The number of hydrogen-bond donors (Lipinski definition) is 1. The lowest BCUT2D eigenvalue weighted by Crippen LogP contribution is -2.57. The summed E-state index contributed by atoms with van der Waals surface area (Å²) in [4.78, 5) is 30.1. The highest BCUT2D eigenvalue weighted by Gasteiger charge is 2.48. The number of β-lactam (4-membered cyclic amide) rings is 1. The lowest BCUT2D eigenvalue weighted by atomic mass is 9.81. The average molecular weight is 332 g/mol. The molecule has 1 aromatic carbocycles. The second-order valence-corrected chi connectivity index (χ2v) is 6.08. The second-order valence-electron chi connectivity index (χ2n) is 6.08. The minimum atomic E-state index is -1.06. The van der Waals surface area contributed by atoms with Gasteiger partial charge in [0.1, 0.15) is 5.70 Å². The summed E-state index contributed by atoms with van der Waals surface area (Å²) in [6.45, 7) is 0. The lowest BCUT2D eigenvalue weighted by Gasteiger charge is -2.46. The molecule has 0 spiro atoms. The number of amides is 1. The van der Waals surface area contributed by atoms with E-state index in [0.717, 1.165) is 11.1 Å². The topological polar surface area (TPSA) is 70.5 Å². The van der Waals surface area contributed by atoms with E-state index in [9.17, 15) is 14.7 Å². The average Bonchev–Trinajstić information content (AvgIpc) is 2.66. The first kappa shape index (κ1) is 15.3. The first-order valence-electron chi connectivity index (χ1n) is 8.15. The highest BCUT2D eigenvalue weighted by molar-refractivity contribution is 6.12. The number of rotatable bonds is 3. The van der Waals surface area contributed by atoms with Crippen LogP contribution in [0.3, 0.4) is 0 Å². The summed E-state index contributed by atoms with van der Waals surface area (Å²) < 4.78 is 0. The fraction of sp³-hybridized carbons (Fsp3) is 0.150. The van der Waals surface area contributed by atoms with Crippen molar-refractivity contribution >= 4 is 23.5 Å². The molecule has 2 aliphatic rings. The summed E-state index contributed by atoms with van der Waals surface area (Å²) in [6.07, 6.45) is 4.77. The normalized spacial score (nSPS) is 21.1. The van der Waals surface area contributed by atoms with E-state index in [-0.39, 0.29) is 17.6 Å². The number of carbonyl (C=O) groups excluding carboxylic acids is 1. The number of carboxylic acids is 1. The third-order valence-corrected chi connectivity index (χ3v) is 4.65. The van der Waals surface area contributed by atoms with Gasteiger partial charge in [-0.25, -0.2) is 4.79 Å². The fourth-order valence-electron chi connectivity index (χ4n) is 3.51. The van der Waals surface area contributed by atoms with E-state index in [1.54, 1.807) is 12.3 Å². The van der Waals surface area contributed by atoms with Crippen LogP contribution in [-0.4, -0.2) is 32.9 Å². The maximum atomic E-state index is 12.6. The largest absolute Gasteiger partial charge is 0.477 e. The predicted molar refractivity (Wildman–Crippen MR) is 93.1 cm³/mol. The third kappa shape index (κ3) is 2.54. The van der Waals surface area contributed by atoms with Crippen LogP contribution in [0.4, 0.5) is 0 Å². The molecule has 0 radical (unpaired) electrons. The minimum absolute atomic E-state index is 0.102. The molecule has 1 N–H and O–H groups in total. The molecule has 124 valence electrons. The molecular formula is C20H16N2O3. The number of aliphatic carboxylic acids is 1. The van der Waals surface area contributed by atoms with Crippen molar-refractivity contribution in [3.8, 4) is 0 Å². The van der Waals surface area contributed by atoms with Crippen molar-refractivity contribution in [3.63, 3.8) is 0 Å². The van der Waals surface area contributed by atoms with Crippen LogP contribution in [0, 0.1) is 0 Å². The molecule has 0 saturated carbocycles. The Balaban J connectivity index is 1.73. The summed E-state index contributed by atoms with van der Waals surface area (Å²) >= 11 is 0. The van der Waals surface area contributed by atoms with E-state index in [1.165, 1.54) is 4.90 Å². The van der Waals surface area contributed by atoms with Gasteiger partial charge in [-0.15, -0.1) is 0 Å². The Kier molecular flexibility index (Phi) is 3.69. The number of aromatic nitrogens is 1. The molecule has 1 unspecified atom stereocenters. The Labute approximate surface area is 144 Å². The van der Waals surface area contributed by atoms with Crippen molar-refractivity contribution in [3.05, 3.63) is 77.3 Å². The van der Waals surface area contributed by atoms with Crippen molar-refractivity contribution in [2.45, 2.75) is 18.9 Å². The van der Waals surface area contributed by atoms with Gasteiger partial charge in [-0.1, -0.05) is 36.4 Å². The van der Waals surface area contributed by atoms with Crippen molar-refractivity contribution in [2.75, 3.05) is 0 Å². The number of carbonyl (C=O) groups is 2. The molecule has 25 heavy (non-hydrogen) atoms. The van der Waals surface area contributed by atoms with E-state index in [4.69, 9.17) is 0 Å². The van der Waals surface area contributed by atoms with Gasteiger partial charge in [-0.3, -0.25) is 14.7 Å². The number of fused-ring (bicyclic) bond motifs is 1. The summed E-state index contributed by atoms with van der Waals surface area (Å²) in [5, 5.41) is 9.70. The maximum absolute atomic E-state index is 12.6. The molecule has 4 rings (SSSR count). The zero-order valence-corrected chi connectivity index (χ0v) is 13.4. The smallest absolute Gasteiger partial charge is 0.352 e. The van der Waals surface area contributed by atoms with Gasteiger partial charge in [0.15, 0.2) is 0 Å². The number of carboxylic acid groups (broad SMARTS) is 1. The Morgan fingerprint density at radius 3 is 2.60 bits per heavy atom. The molecule has 0 bridgehead atoms. The van der Waals surface area contributed by atoms with E-state index in [2.05, 4.69) is 4.98 Å². The van der Waals surface area contributed by atoms with Gasteiger partial charge in [0.05, 0.1) is 11.7 Å². The van der Waals surface area contributed by atoms with Gasteiger partial charge in [-0.05, 0) is 42.2 Å². The Morgan fingerprint density at radius 2 is 1.92 bits per heavy atom. The van der Waals surface area contributed by atoms with Crippen molar-refractivity contribution in [1.82, 2.24) is 9.88 Å². The number of hydrogen-bond acceptors (Lipinski definition) is 3. The van der Waals surface area contributed by atoms with E-state index >= 15 is 0 Å². The van der Waals surface area contributed by atoms with Crippen LogP contribution < -0.4 is 0 Å². The Hall–Kier alpha value is -3.21. The van der Waals surface area contributed by atoms with E-state index in [1.807, 2.05) is 48.5 Å². The molecule has 5 nitrogen and oxygen atoms in total. The van der Waals surface area contributed by atoms with Crippen molar-refractivity contribution in [1.29, 1.82) is 0 Å². The molecule has 1 fully saturated rings. The first-order valence-corrected chi connectivity index (χ1v) is 8.15. The van der Waals surface area contributed by atoms with Crippen LogP contribution >= 0.6 is 0 Å². The van der Waals surface area contributed by atoms with Crippen LogP contribution in [0.2, 0.25) is 0 Å². The number of nitrogens with zero attached hydrogens (tertiary/aromatic N) is 2. The minimum Gasteiger partial charge on any atom is -0.477 e. The first-order chi connectivity index (χ1) is 12.2. The van der Waals surface area contributed by atoms with E-state index in [0.29, 0.717) is 24.1 Å². The standard InChI is InChI=1S/C20H16N2O3/c23-19-16(12-14-8-4-5-11-21-14)17-10-9-15(13-6-2-1-3-7-13)18(20(24)25)22(17)19/h1-8,11-12,17H,9-10H2,(H,24,25)/b16-12+. The zero-order valence-electron chi connectivity index (χ0n) is 13.4. The molecule has 1 saturated heterocycles. The monoisotopic (exact) mass is 332 g/mol. The summed E-state index contributed by atoms with van der Waals surface area (Å²) in [5.41, 5.74) is 3.01. The number of benzene rings is 1. The molecule has 2 aliphatic heterocycles. The highest BCUT2D eigenvalue weighted by Crippen LogP contribution is 2.43. The SMILES string of the molecule is O=C(O)C1=C(c2ccccc2)CCC2/C(=C\c3ccccn3)C(=O)N12. The van der Waals surface area contributed by atoms with Crippen LogP contribution in [-0.2, 0) is 9.59 Å². The second kappa shape index (κ2) is 6.02. The van der Waals surface area contributed by atoms with Gasteiger partial charge in [0, 0.05) is 11.8 Å². The quantitative estimate of drug-likeness (QED) is 0.693. The highest BCUT2D eigenvalue weighted by atomic mass is 16.4. The molecule has 1 amide bonds. The summed E-state index contributed by atoms with van der Waals surface area (Å²) in [5.74, 6) is -1.31. The van der Waals surface area contributed by atoms with Crippen LogP contribution in [0.15, 0.2) is 66.0 Å². The zero-order chi connectivity index (χ0) is 17.4. The molecule has 2 aromatic rings. The number of allylic oxidation sites excluding steroid dienone is 1. The lowest BCUT2D eigenvalue weighted by molar-refractivity contribution is -0.143. The van der Waals surface area contributed by atoms with Crippen LogP contribution in [0.1, 0.15) is 24.1 Å². The number of pyridine rings is 1. The molecule has 5 heteroatoms. The van der Waals surface area contributed by atoms with Gasteiger partial charge in [0.2, 0.25) is 0 Å². The molecule has 1 atom stereocenters.